The van der Waals surface area contributed by atoms with E-state index in [0.29, 0.717) is 17.5 Å². The molecule has 0 spiro atoms. The number of aryl methyl sites for hydroxylation is 2. The van der Waals surface area contributed by atoms with E-state index in [1.54, 1.807) is 0 Å². The van der Waals surface area contributed by atoms with Crippen molar-refractivity contribution in [1.82, 2.24) is 35.3 Å². The summed E-state index contributed by atoms with van der Waals surface area (Å²) >= 11 is 1.32. The largest absolute Gasteiger partial charge is 0.348 e. The maximum absolute atomic E-state index is 11.8. The van der Waals surface area contributed by atoms with E-state index >= 15 is 0 Å². The Kier molecular flexibility index (Phi) is 4.18. The van der Waals surface area contributed by atoms with Crippen LogP contribution >= 0.6 is 11.8 Å². The van der Waals surface area contributed by atoms with E-state index < -0.39 is 0 Å². The van der Waals surface area contributed by atoms with Crippen LogP contribution in [-0.2, 0) is 30.7 Å². The predicted molar refractivity (Wildman–Crippen MR) is 76.7 cm³/mol. The van der Waals surface area contributed by atoms with Gasteiger partial charge >= 0.3 is 0 Å². The van der Waals surface area contributed by atoms with Gasteiger partial charge in [-0.3, -0.25) is 9.89 Å². The van der Waals surface area contributed by atoms with Gasteiger partial charge in [-0.15, -0.1) is 15.3 Å². The molecule has 3 rings (SSSR count). The number of carbonyl (C=O) groups is 1. The Hall–Kier alpha value is -1.90. The minimum Gasteiger partial charge on any atom is -0.348 e. The van der Waals surface area contributed by atoms with Gasteiger partial charge in [-0.2, -0.15) is 0 Å². The van der Waals surface area contributed by atoms with Gasteiger partial charge in [0.1, 0.15) is 11.6 Å². The first-order valence-electron chi connectivity index (χ1n) is 6.98. The molecule has 0 aromatic carbocycles. The maximum Gasteiger partial charge on any atom is 0.230 e. The van der Waals surface area contributed by atoms with E-state index in [1.165, 1.54) is 11.8 Å². The Morgan fingerprint density at radius 3 is 3.19 bits per heavy atom. The highest BCUT2D eigenvalue weighted by Crippen LogP contribution is 2.14. The fraction of sp³-hybridized carbons (Fsp3) is 0.583. The van der Waals surface area contributed by atoms with Gasteiger partial charge in [0.2, 0.25) is 11.1 Å². The number of carbonyl (C=O) groups excluding carboxylic acids is 1. The van der Waals surface area contributed by atoms with Gasteiger partial charge in [-0.05, 0) is 6.42 Å². The van der Waals surface area contributed by atoms with Gasteiger partial charge in [0, 0.05) is 19.4 Å². The van der Waals surface area contributed by atoms with E-state index in [1.807, 2.05) is 6.92 Å². The lowest BCUT2D eigenvalue weighted by molar-refractivity contribution is -0.118. The highest BCUT2D eigenvalue weighted by atomic mass is 32.2. The Balaban J connectivity index is 1.46. The first kappa shape index (κ1) is 14.1. The van der Waals surface area contributed by atoms with Crippen LogP contribution in [0.25, 0.3) is 0 Å². The van der Waals surface area contributed by atoms with E-state index in [4.69, 9.17) is 0 Å². The lowest BCUT2D eigenvalue weighted by Gasteiger charge is -2.04. The highest BCUT2D eigenvalue weighted by molar-refractivity contribution is 7.99. The summed E-state index contributed by atoms with van der Waals surface area (Å²) in [5, 5.41) is 18.5. The lowest BCUT2D eigenvalue weighted by atomic mass is 10.4. The molecule has 0 saturated heterocycles. The Morgan fingerprint density at radius 2 is 2.38 bits per heavy atom. The Bertz CT molecular complexity index is 635. The first-order valence-corrected chi connectivity index (χ1v) is 7.96. The number of hydrogen-bond donors (Lipinski definition) is 2. The summed E-state index contributed by atoms with van der Waals surface area (Å²) in [5.74, 6) is 2.91. The molecule has 0 radical (unpaired) electrons. The molecule has 21 heavy (non-hydrogen) atoms. The quantitative estimate of drug-likeness (QED) is 0.745. The van der Waals surface area contributed by atoms with Gasteiger partial charge in [-0.25, -0.2) is 4.98 Å². The molecule has 0 unspecified atom stereocenters. The van der Waals surface area contributed by atoms with Crippen LogP contribution in [0.2, 0.25) is 0 Å². The van der Waals surface area contributed by atoms with E-state index in [2.05, 4.69) is 35.3 Å². The van der Waals surface area contributed by atoms with Gasteiger partial charge < -0.3 is 9.88 Å². The summed E-state index contributed by atoms with van der Waals surface area (Å²) in [6, 6.07) is 0. The van der Waals surface area contributed by atoms with Gasteiger partial charge in [0.25, 0.3) is 0 Å². The summed E-state index contributed by atoms with van der Waals surface area (Å²) in [7, 11) is 0. The highest BCUT2D eigenvalue weighted by Gasteiger charge is 2.17. The normalized spacial score (nSPS) is 13.4. The van der Waals surface area contributed by atoms with Crippen molar-refractivity contribution >= 4 is 17.7 Å². The van der Waals surface area contributed by atoms with Crippen LogP contribution in [0.15, 0.2) is 5.16 Å². The maximum atomic E-state index is 11.8. The molecule has 0 bridgehead atoms. The molecule has 112 valence electrons. The summed E-state index contributed by atoms with van der Waals surface area (Å²) < 4.78 is 2.08. The van der Waals surface area contributed by atoms with E-state index in [-0.39, 0.29) is 5.91 Å². The van der Waals surface area contributed by atoms with Crippen LogP contribution in [0.5, 0.6) is 0 Å². The van der Waals surface area contributed by atoms with Crippen molar-refractivity contribution in [3.8, 4) is 0 Å². The molecule has 1 amide bonds. The fourth-order valence-corrected chi connectivity index (χ4v) is 2.85. The Labute approximate surface area is 126 Å². The second kappa shape index (κ2) is 6.25. The predicted octanol–water partition coefficient (Wildman–Crippen LogP) is 0.313. The monoisotopic (exact) mass is 307 g/mol. The number of amides is 1. The van der Waals surface area contributed by atoms with Crippen molar-refractivity contribution in [3.05, 3.63) is 17.5 Å². The van der Waals surface area contributed by atoms with Crippen molar-refractivity contribution in [2.24, 2.45) is 0 Å². The topological polar surface area (TPSA) is 101 Å². The second-order valence-electron chi connectivity index (χ2n) is 4.77. The van der Waals surface area contributed by atoms with E-state index in [9.17, 15) is 4.79 Å². The zero-order chi connectivity index (χ0) is 14.7. The van der Waals surface area contributed by atoms with Crippen LogP contribution in [0.3, 0.4) is 0 Å². The van der Waals surface area contributed by atoms with Crippen LogP contribution in [0, 0.1) is 0 Å². The minimum atomic E-state index is -0.0572. The van der Waals surface area contributed by atoms with Crippen LogP contribution in [0.4, 0.5) is 0 Å². The zero-order valence-corrected chi connectivity index (χ0v) is 12.6. The molecule has 0 saturated carbocycles. The number of nitrogens with one attached hydrogen (secondary N) is 2. The number of nitrogens with zero attached hydrogens (tertiary/aromatic N) is 5. The average molecular weight is 307 g/mol. The van der Waals surface area contributed by atoms with Crippen molar-refractivity contribution in [3.63, 3.8) is 0 Å². The molecule has 0 atom stereocenters. The van der Waals surface area contributed by atoms with Crippen molar-refractivity contribution < 1.29 is 4.79 Å². The molecule has 9 heteroatoms. The standard InChI is InChI=1S/C12H17N7OS/c1-2-8-14-12(18-15-8)21-7-11(20)13-6-10-17-16-9-4-3-5-19(9)10/h2-7H2,1H3,(H,13,20)(H,14,15,18). The number of hydrogen-bond acceptors (Lipinski definition) is 6. The number of H-pyrrole nitrogens is 1. The lowest BCUT2D eigenvalue weighted by Crippen LogP contribution is -2.26. The number of thioether (sulfide) groups is 1. The smallest absolute Gasteiger partial charge is 0.230 e. The van der Waals surface area contributed by atoms with Crippen LogP contribution in [-0.4, -0.2) is 41.6 Å². The number of fused-ring (bicyclic) bond motifs is 1. The van der Waals surface area contributed by atoms with Crippen molar-refractivity contribution in [2.45, 2.75) is 44.4 Å². The third-order valence-electron chi connectivity index (χ3n) is 3.31. The second-order valence-corrected chi connectivity index (χ2v) is 5.71. The molecule has 2 aromatic heterocycles. The molecule has 8 nitrogen and oxygen atoms in total. The molecule has 3 heterocycles. The molecular formula is C12H17N7OS. The molecule has 2 aromatic rings. The summed E-state index contributed by atoms with van der Waals surface area (Å²) in [5.41, 5.74) is 0. The van der Waals surface area contributed by atoms with Crippen LogP contribution < -0.4 is 5.32 Å². The molecular weight excluding hydrogens is 290 g/mol. The average Bonchev–Trinajstić information content (AvgIpc) is 3.19. The number of rotatable bonds is 6. The van der Waals surface area contributed by atoms with Gasteiger partial charge in [0.15, 0.2) is 5.82 Å². The van der Waals surface area contributed by atoms with Gasteiger partial charge in [0.05, 0.1) is 12.3 Å². The fourth-order valence-electron chi connectivity index (χ4n) is 2.20. The Morgan fingerprint density at radius 1 is 1.48 bits per heavy atom. The zero-order valence-electron chi connectivity index (χ0n) is 11.8. The van der Waals surface area contributed by atoms with Crippen molar-refractivity contribution in [1.29, 1.82) is 0 Å². The third-order valence-corrected chi connectivity index (χ3v) is 4.16. The SMILES string of the molecule is CCc1nc(SCC(=O)NCc2nnc3n2CCC3)n[nH]1. The molecule has 2 N–H and O–H groups in total. The molecule has 1 aliphatic heterocycles. The number of aromatic nitrogens is 6. The summed E-state index contributed by atoms with van der Waals surface area (Å²) in [4.78, 5) is 16.1. The third kappa shape index (κ3) is 3.23. The van der Waals surface area contributed by atoms with Crippen molar-refractivity contribution in [2.75, 3.05) is 5.75 Å². The van der Waals surface area contributed by atoms with E-state index in [0.717, 1.165) is 43.3 Å². The first-order chi connectivity index (χ1) is 10.3. The number of aromatic amines is 1. The molecule has 0 fully saturated rings. The summed E-state index contributed by atoms with van der Waals surface area (Å²) in [6.45, 7) is 3.36. The molecule has 1 aliphatic rings. The minimum absolute atomic E-state index is 0.0572. The molecule has 0 aliphatic carbocycles. The van der Waals surface area contributed by atoms with Crippen LogP contribution in [0.1, 0.15) is 30.8 Å². The van der Waals surface area contributed by atoms with Gasteiger partial charge in [-0.1, -0.05) is 18.7 Å². The summed E-state index contributed by atoms with van der Waals surface area (Å²) in [6.07, 6.45) is 2.88.